The Morgan fingerprint density at radius 1 is 1.23 bits per heavy atom. The third kappa shape index (κ3) is 1.22. The van der Waals surface area contributed by atoms with Crippen LogP contribution >= 0.6 is 0 Å². The van der Waals surface area contributed by atoms with Gasteiger partial charge in [0.05, 0.1) is 5.41 Å². The molecule has 0 N–H and O–H groups in total. The van der Waals surface area contributed by atoms with Crippen molar-refractivity contribution in [3.05, 3.63) is 36.9 Å². The van der Waals surface area contributed by atoms with E-state index in [1.807, 2.05) is 44.2 Å². The Morgan fingerprint density at radius 3 is 2.31 bits per heavy atom. The van der Waals surface area contributed by atoms with Crippen molar-refractivity contribution in [3.63, 3.8) is 0 Å². The number of β-lactam (4-membered cyclic amide) rings is 1. The number of hydrogen-bond donors (Lipinski definition) is 0. The molecule has 0 aromatic heterocycles. The number of hydrogen-bond acceptors (Lipinski definition) is 1. The molecule has 1 aromatic carbocycles. The molecule has 0 unspecified atom stereocenters. The molecule has 0 bridgehead atoms. The first-order chi connectivity index (χ1) is 6.11. The Bertz CT molecular complexity index is 329. The van der Waals surface area contributed by atoms with Crippen molar-refractivity contribution in [1.82, 2.24) is 0 Å². The van der Waals surface area contributed by atoms with Gasteiger partial charge in [-0.15, -0.1) is 0 Å². The molecule has 1 saturated heterocycles. The SMILES string of the molecule is CC1(C)[C]N(c2ccccc2)C1=O. The van der Waals surface area contributed by atoms with E-state index in [9.17, 15) is 4.79 Å². The van der Waals surface area contributed by atoms with E-state index in [4.69, 9.17) is 0 Å². The van der Waals surface area contributed by atoms with Gasteiger partial charge in [0.15, 0.2) is 0 Å². The summed E-state index contributed by atoms with van der Waals surface area (Å²) in [6.45, 7) is 6.81. The maximum absolute atomic E-state index is 11.5. The van der Waals surface area contributed by atoms with Gasteiger partial charge in [0, 0.05) is 5.69 Å². The van der Waals surface area contributed by atoms with Crippen LogP contribution in [0.4, 0.5) is 5.69 Å². The van der Waals surface area contributed by atoms with Gasteiger partial charge in [0.25, 0.3) is 0 Å². The molecule has 1 aliphatic heterocycles. The van der Waals surface area contributed by atoms with Crippen LogP contribution in [0.15, 0.2) is 30.3 Å². The summed E-state index contributed by atoms with van der Waals surface area (Å²) in [4.78, 5) is 13.1. The second-order valence-corrected chi connectivity index (χ2v) is 3.71. The highest BCUT2D eigenvalue weighted by Crippen LogP contribution is 2.38. The first-order valence-corrected chi connectivity index (χ1v) is 4.29. The van der Waals surface area contributed by atoms with Gasteiger partial charge >= 0.3 is 0 Å². The molecule has 0 atom stereocenters. The molecule has 1 amide bonds. The van der Waals surface area contributed by atoms with Crippen molar-refractivity contribution in [2.45, 2.75) is 13.8 Å². The molecule has 1 aromatic rings. The monoisotopic (exact) mass is 173 g/mol. The predicted octanol–water partition coefficient (Wildman–Crippen LogP) is 2.10. The number of para-hydroxylation sites is 1. The Labute approximate surface area is 78.2 Å². The van der Waals surface area contributed by atoms with Crippen LogP contribution in [-0.4, -0.2) is 5.91 Å². The summed E-state index contributed by atoms with van der Waals surface area (Å²) < 4.78 is 0. The van der Waals surface area contributed by atoms with Crippen LogP contribution < -0.4 is 4.90 Å². The molecule has 1 heterocycles. The van der Waals surface area contributed by atoms with Crippen molar-refractivity contribution in [2.75, 3.05) is 4.90 Å². The van der Waals surface area contributed by atoms with Gasteiger partial charge in [0.1, 0.15) is 6.54 Å². The van der Waals surface area contributed by atoms with E-state index in [0.717, 1.165) is 5.69 Å². The fourth-order valence-electron chi connectivity index (χ4n) is 1.36. The standard InChI is InChI=1S/C11H11NO/c1-11(2)8-12(10(11)13)9-6-4-3-5-7-9/h3-7H,1-2H3. The highest BCUT2D eigenvalue weighted by Gasteiger charge is 2.46. The third-order valence-corrected chi connectivity index (χ3v) is 2.14. The lowest BCUT2D eigenvalue weighted by Gasteiger charge is -2.42. The minimum Gasteiger partial charge on any atom is -0.300 e. The highest BCUT2D eigenvalue weighted by molar-refractivity contribution is 6.06. The van der Waals surface area contributed by atoms with Gasteiger partial charge < -0.3 is 0 Å². The number of anilines is 1. The average Bonchev–Trinajstić information content (AvgIpc) is 2.15. The fraction of sp³-hybridized carbons (Fsp3) is 0.273. The van der Waals surface area contributed by atoms with Crippen LogP contribution in [0.3, 0.4) is 0 Å². The van der Waals surface area contributed by atoms with Gasteiger partial charge in [-0.2, -0.15) is 0 Å². The maximum atomic E-state index is 11.5. The molecule has 2 rings (SSSR count). The van der Waals surface area contributed by atoms with E-state index < -0.39 is 5.41 Å². The number of amides is 1. The van der Waals surface area contributed by atoms with Crippen LogP contribution in [0.25, 0.3) is 0 Å². The lowest BCUT2D eigenvalue weighted by molar-refractivity contribution is -0.129. The lowest BCUT2D eigenvalue weighted by Crippen LogP contribution is -2.54. The fourth-order valence-corrected chi connectivity index (χ4v) is 1.36. The highest BCUT2D eigenvalue weighted by atomic mass is 16.2. The first kappa shape index (κ1) is 8.30. The van der Waals surface area contributed by atoms with Crippen LogP contribution in [0.1, 0.15) is 13.8 Å². The molecule has 0 aliphatic carbocycles. The zero-order chi connectivity index (χ0) is 9.47. The van der Waals surface area contributed by atoms with E-state index in [0.29, 0.717) is 0 Å². The topological polar surface area (TPSA) is 20.3 Å². The number of benzene rings is 1. The molecule has 2 radical (unpaired) electrons. The van der Waals surface area contributed by atoms with Crippen molar-refractivity contribution in [1.29, 1.82) is 0 Å². The van der Waals surface area contributed by atoms with Gasteiger partial charge in [-0.05, 0) is 26.0 Å². The quantitative estimate of drug-likeness (QED) is 0.595. The molecule has 2 nitrogen and oxygen atoms in total. The van der Waals surface area contributed by atoms with Crippen molar-refractivity contribution in [3.8, 4) is 0 Å². The van der Waals surface area contributed by atoms with E-state index in [-0.39, 0.29) is 5.91 Å². The molecular formula is C11H11NO. The van der Waals surface area contributed by atoms with Crippen molar-refractivity contribution >= 4 is 11.6 Å². The largest absolute Gasteiger partial charge is 0.300 e. The number of nitrogens with zero attached hydrogens (tertiary/aromatic N) is 1. The molecule has 66 valence electrons. The van der Waals surface area contributed by atoms with E-state index in [1.165, 1.54) is 0 Å². The minimum absolute atomic E-state index is 0.110. The van der Waals surface area contributed by atoms with Gasteiger partial charge in [0.2, 0.25) is 5.91 Å². The summed E-state index contributed by atoms with van der Waals surface area (Å²) in [6, 6.07) is 9.56. The van der Waals surface area contributed by atoms with E-state index in [1.54, 1.807) is 4.90 Å². The summed E-state index contributed by atoms with van der Waals surface area (Å²) >= 11 is 0. The Kier molecular flexibility index (Phi) is 1.65. The Balaban J connectivity index is 2.20. The Hall–Kier alpha value is -1.31. The number of carbonyl (C=O) groups excluding carboxylic acids is 1. The maximum Gasteiger partial charge on any atom is 0.235 e. The average molecular weight is 173 g/mol. The van der Waals surface area contributed by atoms with Crippen LogP contribution in [0.2, 0.25) is 0 Å². The number of carbonyl (C=O) groups is 1. The van der Waals surface area contributed by atoms with Gasteiger partial charge in [-0.1, -0.05) is 18.2 Å². The molecule has 1 aliphatic rings. The summed E-state index contributed by atoms with van der Waals surface area (Å²) in [5.41, 5.74) is 0.488. The second kappa shape index (κ2) is 2.59. The molecular weight excluding hydrogens is 162 g/mol. The van der Waals surface area contributed by atoms with Crippen LogP contribution in [0.5, 0.6) is 0 Å². The first-order valence-electron chi connectivity index (χ1n) is 4.29. The second-order valence-electron chi connectivity index (χ2n) is 3.71. The third-order valence-electron chi connectivity index (χ3n) is 2.14. The molecule has 2 heteroatoms. The summed E-state index contributed by atoms with van der Waals surface area (Å²) in [5, 5.41) is 0. The van der Waals surface area contributed by atoms with Crippen molar-refractivity contribution in [2.24, 2.45) is 5.41 Å². The minimum atomic E-state index is -0.407. The van der Waals surface area contributed by atoms with E-state index in [2.05, 4.69) is 6.54 Å². The van der Waals surface area contributed by atoms with Crippen molar-refractivity contribution < 1.29 is 4.79 Å². The predicted molar refractivity (Wildman–Crippen MR) is 51.0 cm³/mol. The summed E-state index contributed by atoms with van der Waals surface area (Å²) in [6.07, 6.45) is 0. The van der Waals surface area contributed by atoms with Crippen LogP contribution in [-0.2, 0) is 4.79 Å². The normalized spacial score (nSPS) is 19.8. The Morgan fingerprint density at radius 2 is 1.85 bits per heavy atom. The van der Waals surface area contributed by atoms with Gasteiger partial charge in [-0.25, -0.2) is 0 Å². The molecule has 0 spiro atoms. The van der Waals surface area contributed by atoms with Gasteiger partial charge in [-0.3, -0.25) is 9.69 Å². The zero-order valence-electron chi connectivity index (χ0n) is 7.74. The van der Waals surface area contributed by atoms with Crippen LogP contribution in [0, 0.1) is 12.0 Å². The molecule has 13 heavy (non-hydrogen) atoms. The zero-order valence-corrected chi connectivity index (χ0v) is 7.74. The smallest absolute Gasteiger partial charge is 0.235 e. The molecule has 1 fully saturated rings. The lowest BCUT2D eigenvalue weighted by atomic mass is 9.83. The number of rotatable bonds is 1. The summed E-state index contributed by atoms with van der Waals surface area (Å²) in [7, 11) is 0. The molecule has 0 saturated carbocycles. The van der Waals surface area contributed by atoms with E-state index >= 15 is 0 Å². The summed E-state index contributed by atoms with van der Waals surface area (Å²) in [5.74, 6) is 0.110.